The van der Waals surface area contributed by atoms with Gasteiger partial charge in [-0.25, -0.2) is 9.37 Å². The van der Waals surface area contributed by atoms with Crippen molar-refractivity contribution in [3.05, 3.63) is 48.2 Å². The van der Waals surface area contributed by atoms with Crippen LogP contribution in [0.2, 0.25) is 0 Å². The Hall–Kier alpha value is -1.29. The van der Waals surface area contributed by atoms with Crippen molar-refractivity contribution in [2.75, 3.05) is 0 Å². The van der Waals surface area contributed by atoms with Crippen LogP contribution in [0.1, 0.15) is 5.69 Å². The maximum atomic E-state index is 13.2. The summed E-state index contributed by atoms with van der Waals surface area (Å²) in [6.07, 6.45) is 3.38. The van der Waals surface area contributed by atoms with Crippen molar-refractivity contribution >= 4 is 15.9 Å². The Morgan fingerprint density at radius 2 is 1.87 bits per heavy atom. The van der Waals surface area contributed by atoms with Crippen LogP contribution in [-0.4, -0.2) is 9.97 Å². The van der Waals surface area contributed by atoms with E-state index in [1.807, 2.05) is 12.1 Å². The van der Waals surface area contributed by atoms with Gasteiger partial charge in [-0.05, 0) is 24.3 Å². The summed E-state index contributed by atoms with van der Waals surface area (Å²) in [6.45, 7) is 0. The van der Waals surface area contributed by atoms with Gasteiger partial charge in [-0.15, -0.1) is 0 Å². The fourth-order valence-corrected chi connectivity index (χ4v) is 1.65. The molecule has 0 saturated heterocycles. The summed E-state index contributed by atoms with van der Waals surface area (Å²) in [7, 11) is 0. The minimum Gasteiger partial charge on any atom is -0.265 e. The van der Waals surface area contributed by atoms with Gasteiger partial charge in [0.2, 0.25) is 0 Å². The minimum absolute atomic E-state index is 0.287. The zero-order chi connectivity index (χ0) is 10.7. The summed E-state index contributed by atoms with van der Waals surface area (Å²) < 4.78 is 13.2. The lowest BCUT2D eigenvalue weighted by Crippen LogP contribution is -1.93. The van der Waals surface area contributed by atoms with Crippen LogP contribution in [0.15, 0.2) is 36.7 Å². The van der Waals surface area contributed by atoms with Crippen molar-refractivity contribution < 1.29 is 4.39 Å². The molecule has 15 heavy (non-hydrogen) atoms. The van der Waals surface area contributed by atoms with E-state index in [1.165, 1.54) is 6.07 Å². The third kappa shape index (κ3) is 2.21. The lowest BCUT2D eigenvalue weighted by molar-refractivity contribution is 0.609. The Bertz CT molecular complexity index is 459. The summed E-state index contributed by atoms with van der Waals surface area (Å²) in [5.41, 5.74) is 2.12. The fourth-order valence-electron chi connectivity index (χ4n) is 1.26. The van der Waals surface area contributed by atoms with E-state index >= 15 is 0 Å². The van der Waals surface area contributed by atoms with Crippen molar-refractivity contribution in [2.45, 2.75) is 5.33 Å². The van der Waals surface area contributed by atoms with Crippen LogP contribution in [0.25, 0.3) is 11.3 Å². The normalized spacial score (nSPS) is 10.3. The van der Waals surface area contributed by atoms with E-state index in [9.17, 15) is 4.39 Å². The van der Waals surface area contributed by atoms with E-state index in [0.717, 1.165) is 11.3 Å². The highest BCUT2D eigenvalue weighted by Gasteiger charge is 2.05. The Balaban J connectivity index is 2.46. The number of aromatic nitrogens is 2. The second-order valence-electron chi connectivity index (χ2n) is 2.99. The van der Waals surface area contributed by atoms with E-state index in [4.69, 9.17) is 0 Å². The second kappa shape index (κ2) is 4.49. The molecule has 0 aliphatic rings. The third-order valence-electron chi connectivity index (χ3n) is 2.02. The number of alkyl halides is 1. The lowest BCUT2D eigenvalue weighted by Gasteiger charge is -2.03. The first-order valence-electron chi connectivity index (χ1n) is 4.43. The average molecular weight is 267 g/mol. The zero-order valence-corrected chi connectivity index (χ0v) is 9.41. The molecule has 0 fully saturated rings. The largest absolute Gasteiger partial charge is 0.265 e. The molecule has 2 aromatic heterocycles. The van der Waals surface area contributed by atoms with Gasteiger partial charge in [0.25, 0.3) is 0 Å². The first kappa shape index (κ1) is 10.2. The van der Waals surface area contributed by atoms with Crippen molar-refractivity contribution in [2.24, 2.45) is 0 Å². The summed E-state index contributed by atoms with van der Waals surface area (Å²) in [5.74, 6) is -0.287. The number of hydrogen-bond acceptors (Lipinski definition) is 2. The van der Waals surface area contributed by atoms with Gasteiger partial charge < -0.3 is 0 Å². The van der Waals surface area contributed by atoms with Gasteiger partial charge in [-0.2, -0.15) is 0 Å². The topological polar surface area (TPSA) is 25.8 Å². The molecule has 2 nitrogen and oxygen atoms in total. The van der Waals surface area contributed by atoms with Crippen LogP contribution in [-0.2, 0) is 5.33 Å². The standard InChI is InChI=1S/C11H8BrFN2/c12-7-11-9(13)1-2-10(15-11)8-3-5-14-6-4-8/h1-6H,7H2. The van der Waals surface area contributed by atoms with E-state index in [2.05, 4.69) is 25.9 Å². The first-order chi connectivity index (χ1) is 7.31. The number of pyridine rings is 2. The van der Waals surface area contributed by atoms with E-state index in [-0.39, 0.29) is 5.82 Å². The van der Waals surface area contributed by atoms with Crippen LogP contribution < -0.4 is 0 Å². The Labute approximate surface area is 95.3 Å². The molecule has 0 bridgehead atoms. The van der Waals surface area contributed by atoms with Crippen LogP contribution >= 0.6 is 15.9 Å². The molecule has 0 radical (unpaired) electrons. The Morgan fingerprint density at radius 3 is 2.53 bits per heavy atom. The van der Waals surface area contributed by atoms with Crippen LogP contribution in [0.3, 0.4) is 0 Å². The average Bonchev–Trinajstić information content (AvgIpc) is 2.31. The predicted molar refractivity (Wildman–Crippen MR) is 60.1 cm³/mol. The molecule has 0 spiro atoms. The van der Waals surface area contributed by atoms with Gasteiger partial charge in [0.05, 0.1) is 11.4 Å². The van der Waals surface area contributed by atoms with Gasteiger partial charge in [0.1, 0.15) is 5.82 Å². The molecule has 0 unspecified atom stereocenters. The smallest absolute Gasteiger partial charge is 0.145 e. The summed E-state index contributed by atoms with van der Waals surface area (Å²) in [4.78, 5) is 8.13. The highest BCUT2D eigenvalue weighted by molar-refractivity contribution is 9.08. The molecule has 2 heterocycles. The van der Waals surface area contributed by atoms with Crippen LogP contribution in [0, 0.1) is 5.82 Å². The first-order valence-corrected chi connectivity index (χ1v) is 5.55. The highest BCUT2D eigenvalue weighted by atomic mass is 79.9. The number of halogens is 2. The molecule has 2 rings (SSSR count). The summed E-state index contributed by atoms with van der Waals surface area (Å²) in [6, 6.07) is 6.78. The zero-order valence-electron chi connectivity index (χ0n) is 7.82. The molecule has 2 aromatic rings. The molecule has 0 saturated carbocycles. The number of hydrogen-bond donors (Lipinski definition) is 0. The highest BCUT2D eigenvalue weighted by Crippen LogP contribution is 2.18. The molecule has 4 heteroatoms. The summed E-state index contributed by atoms with van der Waals surface area (Å²) in [5, 5.41) is 0.414. The fraction of sp³-hybridized carbons (Fsp3) is 0.0909. The molecule has 0 aliphatic carbocycles. The second-order valence-corrected chi connectivity index (χ2v) is 3.56. The van der Waals surface area contributed by atoms with Gasteiger partial charge >= 0.3 is 0 Å². The molecule has 76 valence electrons. The van der Waals surface area contributed by atoms with Crippen molar-refractivity contribution in [3.8, 4) is 11.3 Å². The van der Waals surface area contributed by atoms with Gasteiger partial charge in [-0.3, -0.25) is 4.98 Å². The molecule has 0 aliphatic heterocycles. The van der Waals surface area contributed by atoms with Gasteiger partial charge in [0.15, 0.2) is 0 Å². The monoisotopic (exact) mass is 266 g/mol. The molecule has 0 amide bonds. The van der Waals surface area contributed by atoms with Gasteiger partial charge in [0, 0.05) is 23.3 Å². The van der Waals surface area contributed by atoms with Gasteiger partial charge in [-0.1, -0.05) is 15.9 Å². The Morgan fingerprint density at radius 1 is 1.13 bits per heavy atom. The molecular weight excluding hydrogens is 259 g/mol. The maximum absolute atomic E-state index is 13.2. The minimum atomic E-state index is -0.287. The van der Waals surface area contributed by atoms with E-state index < -0.39 is 0 Å². The van der Waals surface area contributed by atoms with Crippen LogP contribution in [0.5, 0.6) is 0 Å². The lowest BCUT2D eigenvalue weighted by atomic mass is 10.2. The van der Waals surface area contributed by atoms with Crippen LogP contribution in [0.4, 0.5) is 4.39 Å². The van der Waals surface area contributed by atoms with Crippen molar-refractivity contribution in [1.29, 1.82) is 0 Å². The number of nitrogens with zero attached hydrogens (tertiary/aromatic N) is 2. The van der Waals surface area contributed by atoms with E-state index in [1.54, 1.807) is 18.5 Å². The molecule has 0 atom stereocenters. The molecule has 0 N–H and O–H groups in total. The molecule has 0 aromatic carbocycles. The Kier molecular flexibility index (Phi) is 3.06. The number of rotatable bonds is 2. The van der Waals surface area contributed by atoms with E-state index in [0.29, 0.717) is 11.0 Å². The maximum Gasteiger partial charge on any atom is 0.145 e. The quantitative estimate of drug-likeness (QED) is 0.781. The predicted octanol–water partition coefficient (Wildman–Crippen LogP) is 3.18. The van der Waals surface area contributed by atoms with Crippen molar-refractivity contribution in [1.82, 2.24) is 9.97 Å². The summed E-state index contributed by atoms with van der Waals surface area (Å²) >= 11 is 3.20. The van der Waals surface area contributed by atoms with Crippen molar-refractivity contribution in [3.63, 3.8) is 0 Å². The molecular formula is C11H8BrFN2. The SMILES string of the molecule is Fc1ccc(-c2ccncc2)nc1CBr. The third-order valence-corrected chi connectivity index (χ3v) is 2.55.